The van der Waals surface area contributed by atoms with Crippen molar-refractivity contribution in [3.05, 3.63) is 46.8 Å². The SMILES string of the molecule is CC(NC1CC=CC1)c1ccc(F)c(Cl)c1. The first-order valence-electron chi connectivity index (χ1n) is 5.53. The van der Waals surface area contributed by atoms with E-state index in [1.807, 2.05) is 0 Å². The quantitative estimate of drug-likeness (QED) is 0.790. The molecule has 86 valence electrons. The molecule has 1 aliphatic carbocycles. The van der Waals surface area contributed by atoms with Crippen molar-refractivity contribution < 1.29 is 4.39 Å². The molecule has 1 aromatic rings. The third-order valence-corrected chi connectivity index (χ3v) is 3.23. The molecular formula is C13H15ClFN. The van der Waals surface area contributed by atoms with E-state index in [1.165, 1.54) is 6.07 Å². The Balaban J connectivity index is 2.02. The molecule has 1 atom stereocenters. The van der Waals surface area contributed by atoms with Crippen molar-refractivity contribution in [2.75, 3.05) is 0 Å². The standard InChI is InChI=1S/C13H15ClFN/c1-9(16-11-4-2-3-5-11)10-6-7-13(15)12(14)8-10/h2-3,6-9,11,16H,4-5H2,1H3. The van der Waals surface area contributed by atoms with Gasteiger partial charge in [0, 0.05) is 12.1 Å². The number of rotatable bonds is 3. The van der Waals surface area contributed by atoms with Crippen molar-refractivity contribution in [3.8, 4) is 0 Å². The summed E-state index contributed by atoms with van der Waals surface area (Å²) in [5.41, 5.74) is 1.03. The molecule has 0 spiro atoms. The maximum absolute atomic E-state index is 13.0. The normalized spacial score (nSPS) is 17.9. The van der Waals surface area contributed by atoms with Crippen LogP contribution in [0.2, 0.25) is 5.02 Å². The van der Waals surface area contributed by atoms with Crippen LogP contribution in [0.25, 0.3) is 0 Å². The summed E-state index contributed by atoms with van der Waals surface area (Å²) < 4.78 is 13.0. The minimum atomic E-state index is -0.361. The van der Waals surface area contributed by atoms with Gasteiger partial charge in [-0.25, -0.2) is 4.39 Å². The van der Waals surface area contributed by atoms with E-state index < -0.39 is 0 Å². The molecule has 16 heavy (non-hydrogen) atoms. The Bertz CT molecular complexity index is 395. The summed E-state index contributed by atoms with van der Waals surface area (Å²) in [5, 5.41) is 3.69. The van der Waals surface area contributed by atoms with Gasteiger partial charge >= 0.3 is 0 Å². The van der Waals surface area contributed by atoms with Crippen LogP contribution in [-0.2, 0) is 0 Å². The molecule has 0 aromatic heterocycles. The minimum absolute atomic E-state index is 0.190. The van der Waals surface area contributed by atoms with Gasteiger partial charge in [-0.05, 0) is 37.5 Å². The second kappa shape index (κ2) is 4.98. The number of nitrogens with one attached hydrogen (secondary N) is 1. The van der Waals surface area contributed by atoms with Crippen molar-refractivity contribution in [2.45, 2.75) is 31.8 Å². The lowest BCUT2D eigenvalue weighted by molar-refractivity contribution is 0.471. The topological polar surface area (TPSA) is 12.0 Å². The highest BCUT2D eigenvalue weighted by Gasteiger charge is 2.14. The Morgan fingerprint density at radius 3 is 2.69 bits per heavy atom. The van der Waals surface area contributed by atoms with E-state index >= 15 is 0 Å². The van der Waals surface area contributed by atoms with E-state index in [0.29, 0.717) is 6.04 Å². The van der Waals surface area contributed by atoms with Gasteiger partial charge in [0.2, 0.25) is 0 Å². The van der Waals surface area contributed by atoms with E-state index in [2.05, 4.69) is 24.4 Å². The third-order valence-electron chi connectivity index (χ3n) is 2.94. The van der Waals surface area contributed by atoms with E-state index in [1.54, 1.807) is 12.1 Å². The zero-order valence-electron chi connectivity index (χ0n) is 9.21. The lowest BCUT2D eigenvalue weighted by atomic mass is 10.1. The predicted octanol–water partition coefficient (Wildman–Crippen LogP) is 3.85. The van der Waals surface area contributed by atoms with Crippen LogP contribution in [-0.4, -0.2) is 6.04 Å². The summed E-state index contributed by atoms with van der Waals surface area (Å²) in [6.45, 7) is 2.07. The Morgan fingerprint density at radius 2 is 2.06 bits per heavy atom. The smallest absolute Gasteiger partial charge is 0.141 e. The molecule has 3 heteroatoms. The monoisotopic (exact) mass is 239 g/mol. The molecule has 1 aromatic carbocycles. The lowest BCUT2D eigenvalue weighted by Crippen LogP contribution is -2.29. The first-order chi connectivity index (χ1) is 7.66. The van der Waals surface area contributed by atoms with Gasteiger partial charge in [0.05, 0.1) is 5.02 Å². The average molecular weight is 240 g/mol. The van der Waals surface area contributed by atoms with Gasteiger partial charge in [-0.2, -0.15) is 0 Å². The zero-order valence-corrected chi connectivity index (χ0v) is 9.97. The summed E-state index contributed by atoms with van der Waals surface area (Å²) in [6, 6.07) is 5.59. The summed E-state index contributed by atoms with van der Waals surface area (Å²) in [6.07, 6.45) is 6.50. The molecule has 1 aliphatic rings. The Kier molecular flexibility index (Phi) is 3.62. The maximum atomic E-state index is 13.0. The van der Waals surface area contributed by atoms with Crippen LogP contribution in [0.15, 0.2) is 30.4 Å². The molecule has 0 bridgehead atoms. The Labute approximate surface area is 100 Å². The van der Waals surface area contributed by atoms with Crippen LogP contribution < -0.4 is 5.32 Å². The molecule has 1 unspecified atom stereocenters. The van der Waals surface area contributed by atoms with E-state index in [-0.39, 0.29) is 16.9 Å². The molecule has 0 heterocycles. The molecule has 0 fully saturated rings. The average Bonchev–Trinajstić information content (AvgIpc) is 2.74. The summed E-state index contributed by atoms with van der Waals surface area (Å²) >= 11 is 5.76. The van der Waals surface area contributed by atoms with E-state index in [9.17, 15) is 4.39 Å². The van der Waals surface area contributed by atoms with Crippen molar-refractivity contribution in [1.29, 1.82) is 0 Å². The highest BCUT2D eigenvalue weighted by Crippen LogP contribution is 2.22. The van der Waals surface area contributed by atoms with Crippen molar-refractivity contribution >= 4 is 11.6 Å². The van der Waals surface area contributed by atoms with Crippen molar-refractivity contribution in [3.63, 3.8) is 0 Å². The molecule has 1 nitrogen and oxygen atoms in total. The molecule has 1 N–H and O–H groups in total. The fraction of sp³-hybridized carbons (Fsp3) is 0.385. The Morgan fingerprint density at radius 1 is 1.38 bits per heavy atom. The number of halogens is 2. The summed E-state index contributed by atoms with van der Waals surface area (Å²) in [7, 11) is 0. The largest absolute Gasteiger partial charge is 0.307 e. The van der Waals surface area contributed by atoms with Gasteiger partial charge < -0.3 is 5.32 Å². The van der Waals surface area contributed by atoms with E-state index in [4.69, 9.17) is 11.6 Å². The van der Waals surface area contributed by atoms with E-state index in [0.717, 1.165) is 18.4 Å². The third kappa shape index (κ3) is 2.63. The minimum Gasteiger partial charge on any atom is -0.307 e. The molecule has 0 saturated heterocycles. The van der Waals surface area contributed by atoms with Gasteiger partial charge in [-0.1, -0.05) is 29.8 Å². The molecule has 0 aliphatic heterocycles. The first-order valence-corrected chi connectivity index (χ1v) is 5.90. The number of benzene rings is 1. The van der Waals surface area contributed by atoms with Gasteiger partial charge in [-0.15, -0.1) is 0 Å². The highest BCUT2D eigenvalue weighted by molar-refractivity contribution is 6.30. The van der Waals surface area contributed by atoms with Crippen LogP contribution >= 0.6 is 11.6 Å². The second-order valence-electron chi connectivity index (χ2n) is 4.20. The molecule has 0 saturated carbocycles. The maximum Gasteiger partial charge on any atom is 0.141 e. The van der Waals surface area contributed by atoms with Gasteiger partial charge in [0.15, 0.2) is 0 Å². The second-order valence-corrected chi connectivity index (χ2v) is 4.61. The number of hydrogen-bond acceptors (Lipinski definition) is 1. The fourth-order valence-electron chi connectivity index (χ4n) is 1.98. The summed E-state index contributed by atoms with van der Waals surface area (Å²) in [5.74, 6) is -0.361. The van der Waals surface area contributed by atoms with Crippen molar-refractivity contribution in [1.82, 2.24) is 5.32 Å². The van der Waals surface area contributed by atoms with Crippen LogP contribution in [0.3, 0.4) is 0 Å². The van der Waals surface area contributed by atoms with Gasteiger partial charge in [-0.3, -0.25) is 0 Å². The van der Waals surface area contributed by atoms with Crippen LogP contribution in [0.4, 0.5) is 4.39 Å². The fourth-order valence-corrected chi connectivity index (χ4v) is 2.17. The van der Waals surface area contributed by atoms with Gasteiger partial charge in [0.1, 0.15) is 5.82 Å². The number of hydrogen-bond donors (Lipinski definition) is 1. The van der Waals surface area contributed by atoms with Gasteiger partial charge in [0.25, 0.3) is 0 Å². The molecule has 0 amide bonds. The van der Waals surface area contributed by atoms with Crippen LogP contribution in [0.1, 0.15) is 31.4 Å². The van der Waals surface area contributed by atoms with Crippen molar-refractivity contribution in [2.24, 2.45) is 0 Å². The molecule has 2 rings (SSSR count). The first kappa shape index (κ1) is 11.6. The molecule has 0 radical (unpaired) electrons. The predicted molar refractivity (Wildman–Crippen MR) is 65.1 cm³/mol. The van der Waals surface area contributed by atoms with Crippen LogP contribution in [0.5, 0.6) is 0 Å². The zero-order chi connectivity index (χ0) is 11.5. The lowest BCUT2D eigenvalue weighted by Gasteiger charge is -2.19. The highest BCUT2D eigenvalue weighted by atomic mass is 35.5. The molecular weight excluding hydrogens is 225 g/mol. The van der Waals surface area contributed by atoms with Crippen LogP contribution in [0, 0.1) is 5.82 Å². The Hall–Kier alpha value is -0.860. The summed E-state index contributed by atoms with van der Waals surface area (Å²) in [4.78, 5) is 0.